The lowest BCUT2D eigenvalue weighted by Crippen LogP contribution is -2.41. The van der Waals surface area contributed by atoms with Crippen molar-refractivity contribution in [2.24, 2.45) is 16.8 Å². The molecule has 0 unspecified atom stereocenters. The summed E-state index contributed by atoms with van der Waals surface area (Å²) >= 11 is 0. The monoisotopic (exact) mass is 341 g/mol. The Labute approximate surface area is 134 Å². The zero-order valence-corrected chi connectivity index (χ0v) is 13.5. The number of nitrogens with zero attached hydrogens (tertiary/aromatic N) is 1. The summed E-state index contributed by atoms with van der Waals surface area (Å²) in [5.74, 6) is -0.829. The number of methoxy groups -OCH3 is 1. The van der Waals surface area contributed by atoms with E-state index in [1.807, 2.05) is 0 Å². The number of hydrogen-bond acceptors (Lipinski definition) is 5. The molecule has 4 N–H and O–H groups in total. The van der Waals surface area contributed by atoms with Crippen LogP contribution in [-0.2, 0) is 14.8 Å². The highest BCUT2D eigenvalue weighted by atomic mass is 32.2. The minimum absolute atomic E-state index is 0.0801. The van der Waals surface area contributed by atoms with E-state index in [0.29, 0.717) is 25.9 Å². The van der Waals surface area contributed by atoms with E-state index < -0.39 is 10.0 Å². The Morgan fingerprint density at radius 3 is 2.35 bits per heavy atom. The summed E-state index contributed by atoms with van der Waals surface area (Å²) in [6.45, 7) is 0.784. The van der Waals surface area contributed by atoms with Crippen molar-refractivity contribution in [2.45, 2.75) is 17.7 Å². The Bertz CT molecular complexity index is 724. The van der Waals surface area contributed by atoms with E-state index in [-0.39, 0.29) is 33.9 Å². The van der Waals surface area contributed by atoms with Gasteiger partial charge < -0.3 is 15.4 Å². The number of carbonyl (C=O) groups is 2. The minimum atomic E-state index is -4.01. The fourth-order valence-electron chi connectivity index (χ4n) is 2.58. The van der Waals surface area contributed by atoms with Crippen LogP contribution in [0.5, 0.6) is 5.75 Å². The fraction of sp³-hybridized carbons (Fsp3) is 0.429. The van der Waals surface area contributed by atoms with Crippen LogP contribution < -0.4 is 15.6 Å². The zero-order valence-electron chi connectivity index (χ0n) is 12.7. The van der Waals surface area contributed by atoms with Gasteiger partial charge in [-0.15, -0.1) is 0 Å². The number of benzene rings is 1. The van der Waals surface area contributed by atoms with Crippen molar-refractivity contribution < 1.29 is 22.7 Å². The van der Waals surface area contributed by atoms with E-state index in [1.165, 1.54) is 25.3 Å². The van der Waals surface area contributed by atoms with E-state index >= 15 is 0 Å². The van der Waals surface area contributed by atoms with Crippen molar-refractivity contribution in [3.05, 3.63) is 23.8 Å². The van der Waals surface area contributed by atoms with Crippen molar-refractivity contribution in [3.8, 4) is 5.75 Å². The first-order valence-corrected chi connectivity index (χ1v) is 8.58. The summed E-state index contributed by atoms with van der Waals surface area (Å²) in [5.41, 5.74) is 5.46. The van der Waals surface area contributed by atoms with Crippen LogP contribution >= 0.6 is 0 Å². The maximum absolute atomic E-state index is 12.5. The molecule has 0 aromatic heterocycles. The van der Waals surface area contributed by atoms with Crippen molar-refractivity contribution in [2.75, 3.05) is 20.2 Å². The van der Waals surface area contributed by atoms with E-state index in [9.17, 15) is 18.0 Å². The van der Waals surface area contributed by atoms with Crippen LogP contribution in [0.4, 0.5) is 0 Å². The number of sulfonamides is 1. The molecule has 1 fully saturated rings. The molecule has 1 aliphatic heterocycles. The third kappa shape index (κ3) is 3.80. The van der Waals surface area contributed by atoms with Gasteiger partial charge in [-0.3, -0.25) is 9.59 Å². The summed E-state index contributed by atoms with van der Waals surface area (Å²) in [5, 5.41) is 5.15. The highest BCUT2D eigenvalue weighted by Gasteiger charge is 2.27. The molecule has 0 atom stereocenters. The third-order valence-electron chi connectivity index (χ3n) is 3.90. The second-order valence-corrected chi connectivity index (χ2v) is 6.91. The van der Waals surface area contributed by atoms with E-state index in [0.717, 1.165) is 0 Å². The first-order valence-electron chi connectivity index (χ1n) is 7.03. The third-order valence-corrected chi connectivity index (χ3v) is 4.83. The van der Waals surface area contributed by atoms with E-state index in [2.05, 4.69) is 0 Å². The standard InChI is InChI=1S/C14H19N3O5S/c1-22-11-3-2-10(8-12(11)23(16,20)21)14(19)17-6-4-9(5-7-17)13(15)18/h2-3,8-9H,4-7H2,1H3,(H2,15,18)(H2,16,20,21). The maximum Gasteiger partial charge on any atom is 0.253 e. The predicted octanol–water partition coefficient (Wildman–Crippen LogP) is -0.320. The van der Waals surface area contributed by atoms with Crippen LogP contribution in [0, 0.1) is 5.92 Å². The molecule has 126 valence electrons. The van der Waals surface area contributed by atoms with E-state index in [1.54, 1.807) is 4.90 Å². The van der Waals surface area contributed by atoms with Gasteiger partial charge in [0.15, 0.2) is 0 Å². The number of hydrogen-bond donors (Lipinski definition) is 2. The lowest BCUT2D eigenvalue weighted by molar-refractivity contribution is -0.123. The van der Waals surface area contributed by atoms with Gasteiger partial charge in [-0.2, -0.15) is 0 Å². The average molecular weight is 341 g/mol. The fourth-order valence-corrected chi connectivity index (χ4v) is 3.30. The molecule has 1 aromatic carbocycles. The van der Waals surface area contributed by atoms with Crippen LogP contribution in [0.1, 0.15) is 23.2 Å². The first-order chi connectivity index (χ1) is 10.7. The van der Waals surface area contributed by atoms with Gasteiger partial charge in [-0.25, -0.2) is 13.6 Å². The normalized spacial score (nSPS) is 16.2. The Morgan fingerprint density at radius 1 is 1.26 bits per heavy atom. The second-order valence-electron chi connectivity index (χ2n) is 5.38. The van der Waals surface area contributed by atoms with Crippen LogP contribution in [0.3, 0.4) is 0 Å². The number of carbonyl (C=O) groups excluding carboxylic acids is 2. The molecule has 2 rings (SSSR count). The molecule has 0 spiro atoms. The quantitative estimate of drug-likeness (QED) is 0.774. The number of amides is 2. The second kappa shape index (κ2) is 6.55. The van der Waals surface area contributed by atoms with Crippen molar-refractivity contribution >= 4 is 21.8 Å². The van der Waals surface area contributed by atoms with Gasteiger partial charge in [0, 0.05) is 24.6 Å². The van der Waals surface area contributed by atoms with Crippen LogP contribution in [0.2, 0.25) is 0 Å². The largest absolute Gasteiger partial charge is 0.495 e. The average Bonchev–Trinajstić information content (AvgIpc) is 2.52. The van der Waals surface area contributed by atoms with E-state index in [4.69, 9.17) is 15.6 Å². The van der Waals surface area contributed by atoms with Gasteiger partial charge in [0.25, 0.3) is 5.91 Å². The minimum Gasteiger partial charge on any atom is -0.495 e. The molecular formula is C14H19N3O5S. The summed E-state index contributed by atoms with van der Waals surface area (Å²) < 4.78 is 28.2. The van der Waals surface area contributed by atoms with Gasteiger partial charge in [-0.05, 0) is 31.0 Å². The topological polar surface area (TPSA) is 133 Å². The molecule has 1 aliphatic rings. The molecule has 9 heteroatoms. The van der Waals surface area contributed by atoms with Crippen molar-refractivity contribution in [1.29, 1.82) is 0 Å². The summed E-state index contributed by atoms with van der Waals surface area (Å²) in [6.07, 6.45) is 0.999. The highest BCUT2D eigenvalue weighted by molar-refractivity contribution is 7.89. The smallest absolute Gasteiger partial charge is 0.253 e. The van der Waals surface area contributed by atoms with Crippen LogP contribution in [0.25, 0.3) is 0 Å². The lowest BCUT2D eigenvalue weighted by atomic mass is 9.96. The number of primary sulfonamides is 1. The molecule has 1 heterocycles. The van der Waals surface area contributed by atoms with Gasteiger partial charge in [0.1, 0.15) is 10.6 Å². The van der Waals surface area contributed by atoms with Crippen molar-refractivity contribution in [1.82, 2.24) is 4.90 Å². The van der Waals surface area contributed by atoms with Crippen molar-refractivity contribution in [3.63, 3.8) is 0 Å². The van der Waals surface area contributed by atoms with Gasteiger partial charge in [0.05, 0.1) is 7.11 Å². The lowest BCUT2D eigenvalue weighted by Gasteiger charge is -2.30. The molecule has 8 nitrogen and oxygen atoms in total. The molecule has 0 saturated carbocycles. The number of primary amides is 1. The Kier molecular flexibility index (Phi) is 4.90. The molecular weight excluding hydrogens is 322 g/mol. The number of piperidine rings is 1. The van der Waals surface area contributed by atoms with Crippen LogP contribution in [0.15, 0.2) is 23.1 Å². The summed E-state index contributed by atoms with van der Waals surface area (Å²) in [6, 6.07) is 4.08. The molecule has 2 amide bonds. The Morgan fingerprint density at radius 2 is 1.87 bits per heavy atom. The van der Waals surface area contributed by atoms with Gasteiger partial charge in [0.2, 0.25) is 15.9 Å². The summed E-state index contributed by atoms with van der Waals surface area (Å²) in [4.78, 5) is 25.0. The molecule has 1 aromatic rings. The predicted molar refractivity (Wildman–Crippen MR) is 82.2 cm³/mol. The Balaban J connectivity index is 2.22. The first kappa shape index (κ1) is 17.2. The molecule has 0 aliphatic carbocycles. The number of ether oxygens (including phenoxy) is 1. The molecule has 0 bridgehead atoms. The number of rotatable bonds is 4. The molecule has 1 saturated heterocycles. The van der Waals surface area contributed by atoms with Crippen LogP contribution in [-0.4, -0.2) is 45.3 Å². The summed E-state index contributed by atoms with van der Waals surface area (Å²) in [7, 11) is -2.69. The maximum atomic E-state index is 12.5. The molecule has 0 radical (unpaired) electrons. The SMILES string of the molecule is COc1ccc(C(=O)N2CCC(C(N)=O)CC2)cc1S(N)(=O)=O. The molecule has 23 heavy (non-hydrogen) atoms. The Hall–Kier alpha value is -2.13. The number of likely N-dealkylation sites (tertiary alicyclic amines) is 1. The highest BCUT2D eigenvalue weighted by Crippen LogP contribution is 2.25. The number of nitrogens with two attached hydrogens (primary N) is 2. The zero-order chi connectivity index (χ0) is 17.2. The van der Waals surface area contributed by atoms with Gasteiger partial charge >= 0.3 is 0 Å². The van der Waals surface area contributed by atoms with Gasteiger partial charge in [-0.1, -0.05) is 0 Å².